The first-order valence-electron chi connectivity index (χ1n) is 6.09. The van der Waals surface area contributed by atoms with E-state index in [1.54, 1.807) is 0 Å². The number of hydrogen-bond donors (Lipinski definition) is 1. The van der Waals surface area contributed by atoms with Gasteiger partial charge in [0.1, 0.15) is 0 Å². The molecule has 0 spiro atoms. The Morgan fingerprint density at radius 2 is 1.73 bits per heavy atom. The summed E-state index contributed by atoms with van der Waals surface area (Å²) in [4.78, 5) is 2.36. The molecular formula is C12H28N2O. The van der Waals surface area contributed by atoms with E-state index in [-0.39, 0.29) is 0 Å². The van der Waals surface area contributed by atoms with Gasteiger partial charge in [0.25, 0.3) is 0 Å². The molecule has 2 N–H and O–H groups in total. The third-order valence-electron chi connectivity index (χ3n) is 2.51. The van der Waals surface area contributed by atoms with Gasteiger partial charge in [-0.1, -0.05) is 13.8 Å². The largest absolute Gasteiger partial charge is 0.380 e. The van der Waals surface area contributed by atoms with Gasteiger partial charge in [-0.05, 0) is 26.2 Å². The molecule has 0 aliphatic rings. The third-order valence-corrected chi connectivity index (χ3v) is 2.51. The summed E-state index contributed by atoms with van der Waals surface area (Å²) in [5.41, 5.74) is 5.55. The molecule has 0 aromatic rings. The van der Waals surface area contributed by atoms with Crippen LogP contribution in [0.5, 0.6) is 0 Å². The number of nitrogens with zero attached hydrogens (tertiary/aromatic N) is 1. The fraction of sp³-hybridized carbons (Fsp3) is 1.00. The average Bonchev–Trinajstić information content (AvgIpc) is 2.15. The van der Waals surface area contributed by atoms with Crippen LogP contribution in [0.15, 0.2) is 0 Å². The fourth-order valence-corrected chi connectivity index (χ4v) is 1.40. The van der Waals surface area contributed by atoms with Crippen molar-refractivity contribution in [2.24, 2.45) is 11.7 Å². The molecule has 92 valence electrons. The highest BCUT2D eigenvalue weighted by Gasteiger charge is 2.07. The van der Waals surface area contributed by atoms with Gasteiger partial charge in [0, 0.05) is 32.3 Å². The Kier molecular flexibility index (Phi) is 9.06. The first-order valence-corrected chi connectivity index (χ1v) is 6.09. The van der Waals surface area contributed by atoms with Gasteiger partial charge in [0.05, 0.1) is 6.61 Å². The highest BCUT2D eigenvalue weighted by Crippen LogP contribution is 2.00. The zero-order valence-corrected chi connectivity index (χ0v) is 10.8. The van der Waals surface area contributed by atoms with E-state index in [9.17, 15) is 0 Å². The molecule has 3 heteroatoms. The van der Waals surface area contributed by atoms with Gasteiger partial charge in [0.15, 0.2) is 0 Å². The van der Waals surface area contributed by atoms with Crippen LogP contribution in [0.4, 0.5) is 0 Å². The number of hydrogen-bond acceptors (Lipinski definition) is 3. The van der Waals surface area contributed by atoms with Crippen molar-refractivity contribution < 1.29 is 4.74 Å². The Hall–Kier alpha value is -0.120. The van der Waals surface area contributed by atoms with Crippen molar-refractivity contribution in [3.8, 4) is 0 Å². The summed E-state index contributed by atoms with van der Waals surface area (Å²) in [5, 5.41) is 0. The summed E-state index contributed by atoms with van der Waals surface area (Å²) in [7, 11) is 0. The molecule has 15 heavy (non-hydrogen) atoms. The van der Waals surface area contributed by atoms with E-state index in [2.05, 4.69) is 32.6 Å². The van der Waals surface area contributed by atoms with E-state index in [1.165, 1.54) is 0 Å². The van der Waals surface area contributed by atoms with Crippen LogP contribution in [0.2, 0.25) is 0 Å². The fourth-order valence-electron chi connectivity index (χ4n) is 1.40. The van der Waals surface area contributed by atoms with Crippen molar-refractivity contribution in [1.29, 1.82) is 0 Å². The van der Waals surface area contributed by atoms with Crippen LogP contribution >= 0.6 is 0 Å². The summed E-state index contributed by atoms with van der Waals surface area (Å²) < 4.78 is 5.59. The summed E-state index contributed by atoms with van der Waals surface area (Å²) >= 11 is 0. The Labute approximate surface area is 95.0 Å². The maximum absolute atomic E-state index is 5.59. The predicted octanol–water partition coefficient (Wildman–Crippen LogP) is 1.72. The van der Waals surface area contributed by atoms with E-state index >= 15 is 0 Å². The second-order valence-corrected chi connectivity index (χ2v) is 4.71. The van der Waals surface area contributed by atoms with Gasteiger partial charge in [-0.2, -0.15) is 0 Å². The molecule has 0 heterocycles. The maximum Gasteiger partial charge on any atom is 0.0593 e. The van der Waals surface area contributed by atoms with E-state index in [1.807, 2.05) is 0 Å². The van der Waals surface area contributed by atoms with Gasteiger partial charge in [-0.3, -0.25) is 4.90 Å². The zero-order valence-electron chi connectivity index (χ0n) is 10.8. The lowest BCUT2D eigenvalue weighted by atomic mass is 10.1. The Morgan fingerprint density at radius 3 is 2.20 bits per heavy atom. The minimum absolute atomic E-state index is 0.558. The number of ether oxygens (including phenoxy) is 1. The minimum Gasteiger partial charge on any atom is -0.380 e. The van der Waals surface area contributed by atoms with Crippen LogP contribution in [0.1, 0.15) is 34.1 Å². The van der Waals surface area contributed by atoms with E-state index in [0.717, 1.165) is 45.2 Å². The van der Waals surface area contributed by atoms with Crippen molar-refractivity contribution in [3.63, 3.8) is 0 Å². The monoisotopic (exact) mass is 216 g/mol. The molecule has 3 nitrogen and oxygen atoms in total. The van der Waals surface area contributed by atoms with Crippen LogP contribution in [-0.2, 0) is 4.74 Å². The summed E-state index contributed by atoms with van der Waals surface area (Å²) in [6.45, 7) is 13.2. The highest BCUT2D eigenvalue weighted by molar-refractivity contribution is 4.62. The molecule has 0 aromatic heterocycles. The van der Waals surface area contributed by atoms with Crippen LogP contribution in [0.3, 0.4) is 0 Å². The summed E-state index contributed by atoms with van der Waals surface area (Å²) in [5.74, 6) is 0.732. The van der Waals surface area contributed by atoms with Crippen LogP contribution in [-0.4, -0.2) is 43.8 Å². The van der Waals surface area contributed by atoms with Gasteiger partial charge >= 0.3 is 0 Å². The standard InChI is InChI=1S/C12H28N2O/c1-11(2)5-9-15-10-8-14(7-6-13)12(3)4/h11-12H,5-10,13H2,1-4H3. The van der Waals surface area contributed by atoms with Gasteiger partial charge < -0.3 is 10.5 Å². The van der Waals surface area contributed by atoms with Crippen molar-refractivity contribution in [3.05, 3.63) is 0 Å². The van der Waals surface area contributed by atoms with Crippen molar-refractivity contribution in [2.45, 2.75) is 40.2 Å². The van der Waals surface area contributed by atoms with Crippen LogP contribution in [0, 0.1) is 5.92 Å². The Morgan fingerprint density at radius 1 is 1.07 bits per heavy atom. The zero-order chi connectivity index (χ0) is 11.7. The molecule has 0 radical (unpaired) electrons. The SMILES string of the molecule is CC(C)CCOCCN(CCN)C(C)C. The summed E-state index contributed by atoms with van der Waals surface area (Å²) in [6, 6.07) is 0.558. The molecule has 0 aliphatic carbocycles. The molecule has 0 rings (SSSR count). The molecule has 0 aliphatic heterocycles. The van der Waals surface area contributed by atoms with E-state index in [4.69, 9.17) is 10.5 Å². The van der Waals surface area contributed by atoms with E-state index in [0.29, 0.717) is 6.04 Å². The molecule has 0 atom stereocenters. The molecule has 0 fully saturated rings. The highest BCUT2D eigenvalue weighted by atomic mass is 16.5. The van der Waals surface area contributed by atoms with Crippen molar-refractivity contribution >= 4 is 0 Å². The summed E-state index contributed by atoms with van der Waals surface area (Å²) in [6.07, 6.45) is 1.15. The normalized spacial score (nSPS) is 12.0. The molecular weight excluding hydrogens is 188 g/mol. The van der Waals surface area contributed by atoms with Crippen molar-refractivity contribution in [1.82, 2.24) is 4.90 Å². The van der Waals surface area contributed by atoms with Gasteiger partial charge in [-0.15, -0.1) is 0 Å². The average molecular weight is 216 g/mol. The first-order chi connectivity index (χ1) is 7.07. The number of rotatable bonds is 9. The first kappa shape index (κ1) is 14.9. The van der Waals surface area contributed by atoms with E-state index < -0.39 is 0 Å². The lowest BCUT2D eigenvalue weighted by Gasteiger charge is -2.25. The topological polar surface area (TPSA) is 38.5 Å². The molecule has 0 amide bonds. The lowest BCUT2D eigenvalue weighted by molar-refractivity contribution is 0.0874. The quantitative estimate of drug-likeness (QED) is 0.596. The van der Waals surface area contributed by atoms with Gasteiger partial charge in [-0.25, -0.2) is 0 Å². The van der Waals surface area contributed by atoms with Gasteiger partial charge in [0.2, 0.25) is 0 Å². The molecule has 0 saturated heterocycles. The molecule has 0 aromatic carbocycles. The molecule has 0 bridgehead atoms. The molecule has 0 unspecified atom stereocenters. The Balaban J connectivity index is 3.45. The van der Waals surface area contributed by atoms with Crippen LogP contribution in [0.25, 0.3) is 0 Å². The van der Waals surface area contributed by atoms with Crippen LogP contribution < -0.4 is 5.73 Å². The second kappa shape index (κ2) is 9.13. The lowest BCUT2D eigenvalue weighted by Crippen LogP contribution is -2.37. The minimum atomic E-state index is 0.558. The second-order valence-electron chi connectivity index (χ2n) is 4.71. The third kappa shape index (κ3) is 8.85. The maximum atomic E-state index is 5.59. The predicted molar refractivity (Wildman–Crippen MR) is 66.0 cm³/mol. The smallest absolute Gasteiger partial charge is 0.0593 e. The van der Waals surface area contributed by atoms with Crippen molar-refractivity contribution in [2.75, 3.05) is 32.8 Å². The Bertz CT molecular complexity index is 138. The number of nitrogens with two attached hydrogens (primary N) is 1. The molecule has 0 saturated carbocycles.